The molecule has 3 N–H and O–H groups in total. The Morgan fingerprint density at radius 2 is 2.04 bits per heavy atom. The van der Waals surface area contributed by atoms with Crippen LogP contribution in [-0.4, -0.2) is 45.5 Å². The van der Waals surface area contributed by atoms with Crippen molar-refractivity contribution >= 4 is 17.5 Å². The number of rotatable bonds is 2. The molecule has 150 valence electrons. The minimum atomic E-state index is -4.98. The van der Waals surface area contributed by atoms with Crippen LogP contribution in [0.4, 0.5) is 24.8 Å². The fraction of sp³-hybridized carbons (Fsp3) is 0.500. The Bertz CT molecular complexity index is 905. The number of H-pyrrole nitrogens is 1. The van der Waals surface area contributed by atoms with Crippen LogP contribution in [0, 0.1) is 6.92 Å². The van der Waals surface area contributed by atoms with Crippen LogP contribution in [0.25, 0.3) is 0 Å². The van der Waals surface area contributed by atoms with Gasteiger partial charge in [0.25, 0.3) is 0 Å². The lowest BCUT2D eigenvalue weighted by molar-refractivity contribution is -0.267. The van der Waals surface area contributed by atoms with Crippen molar-refractivity contribution in [1.82, 2.24) is 15.2 Å². The van der Waals surface area contributed by atoms with Gasteiger partial charge < -0.3 is 15.3 Å². The number of nitrogens with zero attached hydrogens (tertiary/aromatic N) is 3. The third-order valence-electron chi connectivity index (χ3n) is 5.48. The highest BCUT2D eigenvalue weighted by Crippen LogP contribution is 2.49. The average Bonchev–Trinajstić information content (AvgIpc) is 3.05. The normalized spacial score (nSPS) is 23.5. The van der Waals surface area contributed by atoms with Crippen LogP contribution in [0.15, 0.2) is 18.3 Å². The van der Waals surface area contributed by atoms with Gasteiger partial charge >= 0.3 is 6.18 Å². The van der Waals surface area contributed by atoms with E-state index in [0.29, 0.717) is 25.9 Å². The van der Waals surface area contributed by atoms with Crippen LogP contribution in [0.5, 0.6) is 0 Å². The Kier molecular flexibility index (Phi) is 4.33. The number of amides is 1. The van der Waals surface area contributed by atoms with E-state index in [-0.39, 0.29) is 23.0 Å². The lowest BCUT2D eigenvalue weighted by atomic mass is 9.81. The minimum Gasteiger partial charge on any atom is -0.376 e. The first-order valence-electron chi connectivity index (χ1n) is 9.04. The van der Waals surface area contributed by atoms with E-state index >= 15 is 0 Å². The van der Waals surface area contributed by atoms with Gasteiger partial charge in [0, 0.05) is 30.9 Å². The molecule has 1 atom stereocenters. The molecule has 0 saturated carbocycles. The summed E-state index contributed by atoms with van der Waals surface area (Å²) in [7, 11) is 0. The van der Waals surface area contributed by atoms with E-state index in [9.17, 15) is 23.1 Å². The molecule has 0 spiro atoms. The molecule has 28 heavy (non-hydrogen) atoms. The molecule has 4 rings (SSSR count). The van der Waals surface area contributed by atoms with Gasteiger partial charge in [0.2, 0.25) is 5.91 Å². The van der Waals surface area contributed by atoms with Gasteiger partial charge in [-0.2, -0.15) is 18.3 Å². The number of aromatic amines is 1. The average molecular weight is 395 g/mol. The summed E-state index contributed by atoms with van der Waals surface area (Å²) in [5, 5.41) is 19.2. The Morgan fingerprint density at radius 1 is 1.32 bits per heavy atom. The van der Waals surface area contributed by atoms with E-state index in [0.717, 1.165) is 11.4 Å². The summed E-state index contributed by atoms with van der Waals surface area (Å²) >= 11 is 0. The second kappa shape index (κ2) is 6.47. The summed E-state index contributed by atoms with van der Waals surface area (Å²) < 4.78 is 40.9. The van der Waals surface area contributed by atoms with Crippen molar-refractivity contribution in [2.24, 2.45) is 0 Å². The highest BCUT2D eigenvalue weighted by atomic mass is 19.4. The molecule has 0 aromatic carbocycles. The monoisotopic (exact) mass is 395 g/mol. The quantitative estimate of drug-likeness (QED) is 0.727. The lowest BCUT2D eigenvalue weighted by Crippen LogP contribution is -2.48. The second-order valence-electron chi connectivity index (χ2n) is 7.40. The zero-order chi connectivity index (χ0) is 20.1. The van der Waals surface area contributed by atoms with Crippen molar-refractivity contribution < 1.29 is 23.1 Å². The Hall–Kier alpha value is -2.62. The van der Waals surface area contributed by atoms with Crippen molar-refractivity contribution in [2.75, 3.05) is 23.3 Å². The van der Waals surface area contributed by atoms with Crippen LogP contribution in [0.2, 0.25) is 0 Å². The van der Waals surface area contributed by atoms with Gasteiger partial charge in [-0.15, -0.1) is 0 Å². The van der Waals surface area contributed by atoms with Crippen molar-refractivity contribution in [3.63, 3.8) is 0 Å². The van der Waals surface area contributed by atoms with Crippen LogP contribution >= 0.6 is 0 Å². The van der Waals surface area contributed by atoms with E-state index in [2.05, 4.69) is 25.4 Å². The SMILES string of the molecule is Cc1ccnc(N2CCC(c3[nH]nc4c3C(O)(C(F)(F)F)CC(=O)N4)CC2)c1. The number of halogens is 3. The van der Waals surface area contributed by atoms with E-state index < -0.39 is 24.1 Å². The lowest BCUT2D eigenvalue weighted by Gasteiger charge is -2.37. The number of carbonyl (C=O) groups excluding carboxylic acids is 1. The zero-order valence-corrected chi connectivity index (χ0v) is 15.2. The number of aryl methyl sites for hydroxylation is 1. The van der Waals surface area contributed by atoms with Gasteiger partial charge in [0.1, 0.15) is 5.82 Å². The van der Waals surface area contributed by atoms with Gasteiger partial charge in [-0.05, 0) is 37.5 Å². The zero-order valence-electron chi connectivity index (χ0n) is 15.2. The Morgan fingerprint density at radius 3 is 2.68 bits per heavy atom. The summed E-state index contributed by atoms with van der Waals surface area (Å²) in [6.07, 6.45) is -3.17. The molecule has 4 heterocycles. The first kappa shape index (κ1) is 18.7. The number of carbonyl (C=O) groups is 1. The third-order valence-corrected chi connectivity index (χ3v) is 5.48. The highest BCUT2D eigenvalue weighted by molar-refractivity contribution is 5.94. The summed E-state index contributed by atoms with van der Waals surface area (Å²) in [6.45, 7) is 3.21. The van der Waals surface area contributed by atoms with Crippen molar-refractivity contribution in [2.45, 2.75) is 43.9 Å². The van der Waals surface area contributed by atoms with E-state index in [4.69, 9.17) is 0 Å². The van der Waals surface area contributed by atoms with Gasteiger partial charge in [-0.1, -0.05) is 0 Å². The number of hydrogen-bond acceptors (Lipinski definition) is 5. The summed E-state index contributed by atoms with van der Waals surface area (Å²) in [5.41, 5.74) is -2.26. The van der Waals surface area contributed by atoms with Crippen LogP contribution in [0.1, 0.15) is 42.0 Å². The number of alkyl halides is 3. The van der Waals surface area contributed by atoms with Crippen molar-refractivity contribution in [3.8, 4) is 0 Å². The molecular weight excluding hydrogens is 375 g/mol. The first-order valence-corrected chi connectivity index (χ1v) is 9.04. The minimum absolute atomic E-state index is 0.235. The fourth-order valence-corrected chi connectivity index (χ4v) is 3.99. The number of nitrogens with one attached hydrogen (secondary N) is 2. The molecule has 2 aliphatic heterocycles. The molecule has 2 aliphatic rings. The Balaban J connectivity index is 1.60. The molecule has 2 aromatic heterocycles. The predicted octanol–water partition coefficient (Wildman–Crippen LogP) is 2.59. The summed E-state index contributed by atoms with van der Waals surface area (Å²) in [5.74, 6) is -0.551. The molecule has 2 aromatic rings. The second-order valence-corrected chi connectivity index (χ2v) is 7.40. The molecule has 1 unspecified atom stereocenters. The van der Waals surface area contributed by atoms with Gasteiger partial charge in [0.05, 0.1) is 12.0 Å². The van der Waals surface area contributed by atoms with Crippen molar-refractivity contribution in [3.05, 3.63) is 35.2 Å². The molecular formula is C18H20F3N5O2. The fourth-order valence-electron chi connectivity index (χ4n) is 3.99. The highest BCUT2D eigenvalue weighted by Gasteiger charge is 2.61. The third kappa shape index (κ3) is 3.01. The number of pyridine rings is 1. The van der Waals surface area contributed by atoms with E-state index in [1.165, 1.54) is 0 Å². The topological polar surface area (TPSA) is 94.1 Å². The predicted molar refractivity (Wildman–Crippen MR) is 94.9 cm³/mol. The molecule has 0 radical (unpaired) electrons. The number of hydrogen-bond donors (Lipinski definition) is 3. The molecule has 7 nitrogen and oxygen atoms in total. The largest absolute Gasteiger partial charge is 0.422 e. The molecule has 0 bridgehead atoms. The number of aliphatic hydroxyl groups is 1. The molecule has 1 amide bonds. The van der Waals surface area contributed by atoms with Gasteiger partial charge in [0.15, 0.2) is 11.4 Å². The maximum Gasteiger partial charge on any atom is 0.422 e. The van der Waals surface area contributed by atoms with Crippen LogP contribution < -0.4 is 10.2 Å². The van der Waals surface area contributed by atoms with Gasteiger partial charge in [-0.3, -0.25) is 9.89 Å². The standard InChI is InChI=1S/C18H20F3N5O2/c1-10-2-5-22-12(8-10)26-6-3-11(4-7-26)15-14-16(25-24-15)23-13(27)9-17(14,28)18(19,20)21/h2,5,8,11,28H,3-4,6-7,9H2,1H3,(H2,23,24,25,27). The maximum absolute atomic E-state index is 13.6. The Labute approximate surface area is 159 Å². The van der Waals surface area contributed by atoms with E-state index in [1.54, 1.807) is 6.20 Å². The number of anilines is 2. The number of aromatic nitrogens is 3. The molecule has 10 heteroatoms. The number of fused-ring (bicyclic) bond motifs is 1. The maximum atomic E-state index is 13.6. The first-order chi connectivity index (χ1) is 13.2. The van der Waals surface area contributed by atoms with Crippen LogP contribution in [-0.2, 0) is 10.4 Å². The van der Waals surface area contributed by atoms with Gasteiger partial charge in [-0.25, -0.2) is 4.98 Å². The molecule has 0 aliphatic carbocycles. The smallest absolute Gasteiger partial charge is 0.376 e. The number of piperidine rings is 1. The van der Waals surface area contributed by atoms with Crippen LogP contribution in [0.3, 0.4) is 0 Å². The molecule has 1 saturated heterocycles. The van der Waals surface area contributed by atoms with E-state index in [1.807, 2.05) is 19.1 Å². The van der Waals surface area contributed by atoms with Crippen molar-refractivity contribution in [1.29, 1.82) is 0 Å². The summed E-state index contributed by atoms with van der Waals surface area (Å²) in [6, 6.07) is 3.87. The molecule has 1 fully saturated rings. The summed E-state index contributed by atoms with van der Waals surface area (Å²) in [4.78, 5) is 18.1.